The van der Waals surface area contributed by atoms with E-state index >= 15 is 0 Å². The molecule has 1 unspecified atom stereocenters. The second kappa shape index (κ2) is 10.2. The first kappa shape index (κ1) is 20.3. The van der Waals surface area contributed by atoms with E-state index in [9.17, 15) is 9.59 Å². The van der Waals surface area contributed by atoms with Crippen molar-refractivity contribution in [3.8, 4) is 0 Å². The molecule has 0 bridgehead atoms. The summed E-state index contributed by atoms with van der Waals surface area (Å²) in [5, 5.41) is 2.85. The van der Waals surface area contributed by atoms with Crippen LogP contribution in [0.5, 0.6) is 0 Å². The molecule has 3 rings (SSSR count). The SMILES string of the molecule is CC(NC(=O)COC(=O)c1ccccc1CCc1ccccc1)c1ccccc1. The summed E-state index contributed by atoms with van der Waals surface area (Å²) in [4.78, 5) is 24.7. The van der Waals surface area contributed by atoms with Crippen LogP contribution < -0.4 is 5.32 Å². The predicted molar refractivity (Wildman–Crippen MR) is 114 cm³/mol. The molecule has 1 atom stereocenters. The van der Waals surface area contributed by atoms with Crippen molar-refractivity contribution in [1.82, 2.24) is 5.32 Å². The maximum atomic E-state index is 12.5. The molecule has 0 aliphatic heterocycles. The molecule has 1 amide bonds. The standard InChI is InChI=1S/C25H25NO3/c1-19(21-12-6-3-7-13-21)26-24(27)18-29-25(28)23-15-9-8-14-22(23)17-16-20-10-4-2-5-11-20/h2-15,19H,16-18H2,1H3,(H,26,27). The minimum absolute atomic E-state index is 0.152. The Morgan fingerprint density at radius 3 is 2.17 bits per heavy atom. The van der Waals surface area contributed by atoms with Crippen molar-refractivity contribution in [1.29, 1.82) is 0 Å². The van der Waals surface area contributed by atoms with Gasteiger partial charge in [0.1, 0.15) is 0 Å². The molecule has 0 fully saturated rings. The number of benzene rings is 3. The van der Waals surface area contributed by atoms with Gasteiger partial charge in [0.2, 0.25) is 0 Å². The molecular weight excluding hydrogens is 362 g/mol. The van der Waals surface area contributed by atoms with E-state index in [1.165, 1.54) is 5.56 Å². The molecule has 3 aromatic rings. The second-order valence-corrected chi connectivity index (χ2v) is 6.92. The highest BCUT2D eigenvalue weighted by atomic mass is 16.5. The van der Waals surface area contributed by atoms with E-state index in [1.807, 2.05) is 67.6 Å². The summed E-state index contributed by atoms with van der Waals surface area (Å²) in [6.07, 6.45) is 1.56. The van der Waals surface area contributed by atoms with Crippen molar-refractivity contribution in [2.75, 3.05) is 6.61 Å². The third kappa shape index (κ3) is 6.04. The van der Waals surface area contributed by atoms with Crippen molar-refractivity contribution >= 4 is 11.9 Å². The van der Waals surface area contributed by atoms with Crippen LogP contribution in [0.1, 0.15) is 40.0 Å². The first-order chi connectivity index (χ1) is 14.1. The van der Waals surface area contributed by atoms with Gasteiger partial charge in [0.15, 0.2) is 6.61 Å². The lowest BCUT2D eigenvalue weighted by atomic mass is 10.00. The zero-order chi connectivity index (χ0) is 20.5. The van der Waals surface area contributed by atoms with E-state index in [1.54, 1.807) is 12.1 Å². The largest absolute Gasteiger partial charge is 0.452 e. The maximum Gasteiger partial charge on any atom is 0.338 e. The number of rotatable bonds is 8. The average molecular weight is 387 g/mol. The van der Waals surface area contributed by atoms with Crippen LogP contribution in [0.3, 0.4) is 0 Å². The van der Waals surface area contributed by atoms with Gasteiger partial charge in [-0.2, -0.15) is 0 Å². The Balaban J connectivity index is 1.54. The second-order valence-electron chi connectivity index (χ2n) is 6.92. The number of hydrogen-bond acceptors (Lipinski definition) is 3. The van der Waals surface area contributed by atoms with Crippen LogP contribution in [0.4, 0.5) is 0 Å². The summed E-state index contributed by atoms with van der Waals surface area (Å²) in [5.41, 5.74) is 3.63. The van der Waals surface area contributed by atoms with Gasteiger partial charge in [0.05, 0.1) is 11.6 Å². The fourth-order valence-electron chi connectivity index (χ4n) is 3.18. The number of carbonyl (C=O) groups excluding carboxylic acids is 2. The zero-order valence-electron chi connectivity index (χ0n) is 16.5. The Hall–Kier alpha value is -3.40. The van der Waals surface area contributed by atoms with Crippen LogP contribution in [-0.4, -0.2) is 18.5 Å². The van der Waals surface area contributed by atoms with Gasteiger partial charge >= 0.3 is 5.97 Å². The zero-order valence-corrected chi connectivity index (χ0v) is 16.5. The number of esters is 1. The van der Waals surface area contributed by atoms with E-state index in [4.69, 9.17) is 4.74 Å². The van der Waals surface area contributed by atoms with Gasteiger partial charge in [-0.1, -0.05) is 78.9 Å². The Bertz CT molecular complexity index is 939. The molecule has 0 aliphatic rings. The maximum absolute atomic E-state index is 12.5. The third-order valence-electron chi connectivity index (χ3n) is 4.77. The summed E-state index contributed by atoms with van der Waals surface area (Å²) in [6.45, 7) is 1.59. The van der Waals surface area contributed by atoms with Crippen molar-refractivity contribution in [2.45, 2.75) is 25.8 Å². The molecule has 0 aliphatic carbocycles. The Morgan fingerprint density at radius 1 is 0.828 bits per heavy atom. The molecule has 4 nitrogen and oxygen atoms in total. The first-order valence-corrected chi connectivity index (χ1v) is 9.77. The van der Waals surface area contributed by atoms with Crippen LogP contribution in [0.25, 0.3) is 0 Å². The number of ether oxygens (including phenoxy) is 1. The minimum atomic E-state index is -0.476. The summed E-state index contributed by atoms with van der Waals surface area (Å²) < 4.78 is 5.27. The van der Waals surface area contributed by atoms with Crippen LogP contribution in [0.15, 0.2) is 84.9 Å². The first-order valence-electron chi connectivity index (χ1n) is 9.77. The summed E-state index contributed by atoms with van der Waals surface area (Å²) in [7, 11) is 0. The summed E-state index contributed by atoms with van der Waals surface area (Å²) in [5.74, 6) is -0.798. The lowest BCUT2D eigenvalue weighted by molar-refractivity contribution is -0.124. The molecule has 1 N–H and O–H groups in total. The number of hydrogen-bond donors (Lipinski definition) is 1. The van der Waals surface area contributed by atoms with Gasteiger partial charge in [0, 0.05) is 0 Å². The van der Waals surface area contributed by atoms with E-state index in [0.29, 0.717) is 5.56 Å². The molecule has 0 aromatic heterocycles. The number of carbonyl (C=O) groups is 2. The van der Waals surface area contributed by atoms with E-state index in [2.05, 4.69) is 17.4 Å². The average Bonchev–Trinajstić information content (AvgIpc) is 2.77. The van der Waals surface area contributed by atoms with Gasteiger partial charge in [-0.05, 0) is 42.5 Å². The molecule has 0 heterocycles. The fraction of sp³-hybridized carbons (Fsp3) is 0.200. The predicted octanol–water partition coefficient (Wildman–Crippen LogP) is 4.51. The lowest BCUT2D eigenvalue weighted by Gasteiger charge is -2.15. The van der Waals surface area contributed by atoms with Gasteiger partial charge in [-0.15, -0.1) is 0 Å². The summed E-state index contributed by atoms with van der Waals surface area (Å²) >= 11 is 0. The number of nitrogens with one attached hydrogen (secondary N) is 1. The summed E-state index contributed by atoms with van der Waals surface area (Å²) in [6, 6.07) is 27.0. The molecule has 0 spiro atoms. The lowest BCUT2D eigenvalue weighted by Crippen LogP contribution is -2.31. The molecule has 148 valence electrons. The van der Waals surface area contributed by atoms with E-state index < -0.39 is 5.97 Å². The van der Waals surface area contributed by atoms with Gasteiger partial charge in [-0.25, -0.2) is 4.79 Å². The monoisotopic (exact) mass is 387 g/mol. The Morgan fingerprint density at radius 2 is 1.45 bits per heavy atom. The highest BCUT2D eigenvalue weighted by Gasteiger charge is 2.15. The molecule has 3 aromatic carbocycles. The van der Waals surface area contributed by atoms with Gasteiger partial charge in [-0.3, -0.25) is 4.79 Å². The smallest absolute Gasteiger partial charge is 0.338 e. The van der Waals surface area contributed by atoms with Crippen LogP contribution in [-0.2, 0) is 22.4 Å². The van der Waals surface area contributed by atoms with Crippen molar-refractivity contribution < 1.29 is 14.3 Å². The third-order valence-corrected chi connectivity index (χ3v) is 4.77. The van der Waals surface area contributed by atoms with E-state index in [-0.39, 0.29) is 18.6 Å². The topological polar surface area (TPSA) is 55.4 Å². The van der Waals surface area contributed by atoms with Gasteiger partial charge in [0.25, 0.3) is 5.91 Å². The molecule has 0 radical (unpaired) electrons. The normalized spacial score (nSPS) is 11.5. The van der Waals surface area contributed by atoms with Crippen molar-refractivity contribution in [2.24, 2.45) is 0 Å². The number of amides is 1. The Kier molecular flexibility index (Phi) is 7.17. The number of aryl methyl sites for hydroxylation is 2. The van der Waals surface area contributed by atoms with Crippen LogP contribution in [0, 0.1) is 0 Å². The fourth-order valence-corrected chi connectivity index (χ4v) is 3.18. The van der Waals surface area contributed by atoms with Crippen LogP contribution >= 0.6 is 0 Å². The van der Waals surface area contributed by atoms with Crippen molar-refractivity contribution in [3.63, 3.8) is 0 Å². The Labute approximate surface area is 171 Å². The van der Waals surface area contributed by atoms with E-state index in [0.717, 1.165) is 24.0 Å². The molecular formula is C25H25NO3. The van der Waals surface area contributed by atoms with Crippen molar-refractivity contribution in [3.05, 3.63) is 107 Å². The van der Waals surface area contributed by atoms with Crippen LogP contribution in [0.2, 0.25) is 0 Å². The minimum Gasteiger partial charge on any atom is -0.452 e. The molecule has 0 saturated carbocycles. The molecule has 4 heteroatoms. The molecule has 0 saturated heterocycles. The quantitative estimate of drug-likeness (QED) is 0.579. The highest BCUT2D eigenvalue weighted by Crippen LogP contribution is 2.14. The van der Waals surface area contributed by atoms with Gasteiger partial charge < -0.3 is 10.1 Å². The highest BCUT2D eigenvalue weighted by molar-refractivity contribution is 5.92. The molecule has 29 heavy (non-hydrogen) atoms.